The summed E-state index contributed by atoms with van der Waals surface area (Å²) in [6.45, 7) is 0.975. The van der Waals surface area contributed by atoms with E-state index in [4.69, 9.17) is 9.15 Å². The van der Waals surface area contributed by atoms with Gasteiger partial charge in [-0.3, -0.25) is 4.79 Å². The van der Waals surface area contributed by atoms with Crippen LogP contribution in [0.25, 0.3) is 10.8 Å². The smallest absolute Gasteiger partial charge is 0.271 e. The fourth-order valence-corrected chi connectivity index (χ4v) is 3.05. The summed E-state index contributed by atoms with van der Waals surface area (Å²) in [6, 6.07) is 3.58. The summed E-state index contributed by atoms with van der Waals surface area (Å²) in [5.74, 6) is 0.363. The van der Waals surface area contributed by atoms with Crippen molar-refractivity contribution >= 4 is 17.2 Å². The monoisotopic (exact) mass is 308 g/mol. The van der Waals surface area contributed by atoms with E-state index in [1.807, 2.05) is 0 Å². The highest BCUT2D eigenvalue weighted by Gasteiger charge is 2.34. The normalized spacial score (nSPS) is 17.6. The number of aliphatic hydroxyl groups excluding tert-OH is 1. The summed E-state index contributed by atoms with van der Waals surface area (Å²) >= 11 is 1.35. The van der Waals surface area contributed by atoms with Gasteiger partial charge < -0.3 is 19.6 Å². The molecule has 0 aliphatic carbocycles. The number of amides is 1. The third-order valence-electron chi connectivity index (χ3n) is 3.60. The number of carbonyl (C=O) groups is 1. The Morgan fingerprint density at radius 2 is 2.29 bits per heavy atom. The van der Waals surface area contributed by atoms with E-state index in [0.717, 1.165) is 0 Å². The number of furan rings is 1. The highest BCUT2D eigenvalue weighted by atomic mass is 32.1. The number of hydrogen-bond acceptors (Lipinski definition) is 6. The second kappa shape index (κ2) is 5.97. The van der Waals surface area contributed by atoms with E-state index in [-0.39, 0.29) is 12.5 Å². The summed E-state index contributed by atoms with van der Waals surface area (Å²) in [5, 5.41) is 14.8. The Bertz CT molecular complexity index is 602. The average molecular weight is 308 g/mol. The molecule has 0 radical (unpaired) electrons. The lowest BCUT2D eigenvalue weighted by molar-refractivity contribution is 0.0124. The van der Waals surface area contributed by atoms with Crippen molar-refractivity contribution in [3.63, 3.8) is 0 Å². The number of rotatable bonds is 4. The number of nitrogens with one attached hydrogen (secondary N) is 1. The molecule has 3 heterocycles. The molecule has 1 aliphatic heterocycles. The predicted octanol–water partition coefficient (Wildman–Crippen LogP) is 1.67. The van der Waals surface area contributed by atoms with E-state index in [0.29, 0.717) is 42.5 Å². The zero-order valence-corrected chi connectivity index (χ0v) is 12.2. The maximum Gasteiger partial charge on any atom is 0.271 e. The van der Waals surface area contributed by atoms with Gasteiger partial charge in [0.1, 0.15) is 5.69 Å². The lowest BCUT2D eigenvalue weighted by Crippen LogP contribution is -2.54. The molecule has 1 aliphatic rings. The first-order chi connectivity index (χ1) is 10.2. The van der Waals surface area contributed by atoms with Crippen molar-refractivity contribution in [2.45, 2.75) is 18.4 Å². The average Bonchev–Trinajstić information content (AvgIpc) is 3.19. The van der Waals surface area contributed by atoms with Crippen molar-refractivity contribution in [3.8, 4) is 10.8 Å². The fourth-order valence-electron chi connectivity index (χ4n) is 2.28. The van der Waals surface area contributed by atoms with Crippen LogP contribution in [0.3, 0.4) is 0 Å². The van der Waals surface area contributed by atoms with Gasteiger partial charge in [0.15, 0.2) is 10.8 Å². The molecule has 0 spiro atoms. The van der Waals surface area contributed by atoms with E-state index >= 15 is 0 Å². The molecule has 0 atom stereocenters. The Morgan fingerprint density at radius 3 is 2.95 bits per heavy atom. The van der Waals surface area contributed by atoms with Crippen molar-refractivity contribution < 1.29 is 19.1 Å². The first-order valence-electron chi connectivity index (χ1n) is 6.73. The molecule has 0 unspecified atom stereocenters. The number of hydrogen-bond donors (Lipinski definition) is 2. The van der Waals surface area contributed by atoms with Crippen LogP contribution in [-0.2, 0) is 4.74 Å². The van der Waals surface area contributed by atoms with Crippen molar-refractivity contribution in [3.05, 3.63) is 29.5 Å². The fraction of sp³-hybridized carbons (Fsp3) is 0.429. The second-order valence-corrected chi connectivity index (χ2v) is 5.88. The van der Waals surface area contributed by atoms with E-state index < -0.39 is 5.54 Å². The molecular formula is C14H16N2O4S. The first kappa shape index (κ1) is 14.2. The van der Waals surface area contributed by atoms with Gasteiger partial charge in [-0.25, -0.2) is 4.98 Å². The summed E-state index contributed by atoms with van der Waals surface area (Å²) in [6.07, 6.45) is 2.77. The molecule has 0 saturated carbocycles. The summed E-state index contributed by atoms with van der Waals surface area (Å²) in [7, 11) is 0. The van der Waals surface area contributed by atoms with Crippen LogP contribution >= 0.6 is 11.3 Å². The third kappa shape index (κ3) is 2.99. The molecule has 1 fully saturated rings. The minimum atomic E-state index is -0.607. The minimum Gasteiger partial charge on any atom is -0.462 e. The molecule has 1 saturated heterocycles. The molecule has 6 nitrogen and oxygen atoms in total. The van der Waals surface area contributed by atoms with E-state index in [1.165, 1.54) is 11.3 Å². The van der Waals surface area contributed by atoms with E-state index in [1.54, 1.807) is 23.8 Å². The minimum absolute atomic E-state index is 0.0999. The van der Waals surface area contributed by atoms with Crippen LogP contribution in [0.1, 0.15) is 23.3 Å². The topological polar surface area (TPSA) is 84.6 Å². The van der Waals surface area contributed by atoms with Gasteiger partial charge in [0.25, 0.3) is 5.91 Å². The highest BCUT2D eigenvalue weighted by molar-refractivity contribution is 7.13. The Morgan fingerprint density at radius 1 is 1.48 bits per heavy atom. The maximum atomic E-state index is 12.3. The summed E-state index contributed by atoms with van der Waals surface area (Å²) in [4.78, 5) is 16.6. The standard InChI is InChI=1S/C14H16N2O4S/c17-9-14(3-6-19-7-4-14)16-12(18)10-8-21-13(15-10)11-2-1-5-20-11/h1-2,5,8,17H,3-4,6-7,9H2,(H,16,18). The summed E-state index contributed by atoms with van der Waals surface area (Å²) in [5.41, 5.74) is -0.269. The Balaban J connectivity index is 1.73. The predicted molar refractivity (Wildman–Crippen MR) is 77.2 cm³/mol. The van der Waals surface area contributed by atoms with Crippen molar-refractivity contribution in [1.82, 2.24) is 10.3 Å². The number of carbonyl (C=O) groups excluding carboxylic acids is 1. The van der Waals surface area contributed by atoms with Gasteiger partial charge >= 0.3 is 0 Å². The van der Waals surface area contributed by atoms with Gasteiger partial charge in [-0.05, 0) is 25.0 Å². The zero-order chi connectivity index (χ0) is 14.7. The molecule has 2 aromatic heterocycles. The molecule has 21 heavy (non-hydrogen) atoms. The maximum absolute atomic E-state index is 12.3. The van der Waals surface area contributed by atoms with Crippen molar-refractivity contribution in [2.75, 3.05) is 19.8 Å². The van der Waals surface area contributed by atoms with Crippen molar-refractivity contribution in [1.29, 1.82) is 0 Å². The van der Waals surface area contributed by atoms with Gasteiger partial charge in [0.2, 0.25) is 0 Å². The van der Waals surface area contributed by atoms with Crippen LogP contribution in [-0.4, -0.2) is 41.4 Å². The van der Waals surface area contributed by atoms with Crippen LogP contribution in [0.15, 0.2) is 28.2 Å². The summed E-state index contributed by atoms with van der Waals surface area (Å²) < 4.78 is 10.5. The SMILES string of the molecule is O=C(NC1(CO)CCOCC1)c1csc(-c2ccco2)n1. The zero-order valence-electron chi connectivity index (χ0n) is 11.4. The van der Waals surface area contributed by atoms with Crippen molar-refractivity contribution in [2.24, 2.45) is 0 Å². The molecule has 2 N–H and O–H groups in total. The number of thiazole rings is 1. The Labute approximate surface area is 125 Å². The highest BCUT2D eigenvalue weighted by Crippen LogP contribution is 2.25. The number of nitrogens with zero attached hydrogens (tertiary/aromatic N) is 1. The Kier molecular flexibility index (Phi) is 4.05. The lowest BCUT2D eigenvalue weighted by atomic mass is 9.91. The Hall–Kier alpha value is -1.70. The molecule has 0 bridgehead atoms. The molecule has 0 aromatic carbocycles. The molecular weight excluding hydrogens is 292 g/mol. The van der Waals surface area contributed by atoms with Crippen LogP contribution in [0.2, 0.25) is 0 Å². The first-order valence-corrected chi connectivity index (χ1v) is 7.61. The third-order valence-corrected chi connectivity index (χ3v) is 4.46. The second-order valence-electron chi connectivity index (χ2n) is 5.02. The van der Waals surface area contributed by atoms with Gasteiger partial charge in [0, 0.05) is 18.6 Å². The van der Waals surface area contributed by atoms with Crippen LogP contribution in [0.5, 0.6) is 0 Å². The molecule has 3 rings (SSSR count). The van der Waals surface area contributed by atoms with Crippen LogP contribution in [0, 0.1) is 0 Å². The molecule has 2 aromatic rings. The van der Waals surface area contributed by atoms with E-state index in [9.17, 15) is 9.90 Å². The van der Waals surface area contributed by atoms with Crippen LogP contribution in [0.4, 0.5) is 0 Å². The molecule has 7 heteroatoms. The lowest BCUT2D eigenvalue weighted by Gasteiger charge is -2.36. The number of aromatic nitrogens is 1. The number of ether oxygens (including phenoxy) is 1. The van der Waals surface area contributed by atoms with E-state index in [2.05, 4.69) is 10.3 Å². The molecule has 112 valence electrons. The van der Waals surface area contributed by atoms with Gasteiger partial charge in [-0.2, -0.15) is 0 Å². The van der Waals surface area contributed by atoms with Gasteiger partial charge in [-0.1, -0.05) is 0 Å². The number of aliphatic hydroxyl groups is 1. The van der Waals surface area contributed by atoms with Gasteiger partial charge in [0.05, 0.1) is 18.4 Å². The van der Waals surface area contributed by atoms with Gasteiger partial charge in [-0.15, -0.1) is 11.3 Å². The molecule has 1 amide bonds. The van der Waals surface area contributed by atoms with Crippen LogP contribution < -0.4 is 5.32 Å². The largest absolute Gasteiger partial charge is 0.462 e. The quantitative estimate of drug-likeness (QED) is 0.897.